The van der Waals surface area contributed by atoms with E-state index in [1.807, 2.05) is 0 Å². The van der Waals surface area contributed by atoms with Crippen molar-refractivity contribution in [2.24, 2.45) is 5.92 Å². The van der Waals surface area contributed by atoms with Crippen LogP contribution in [0.5, 0.6) is 0 Å². The second kappa shape index (κ2) is 11.6. The molecule has 0 radical (unpaired) electrons. The van der Waals surface area contributed by atoms with E-state index in [1.165, 1.54) is 25.7 Å². The number of fused-ring (bicyclic) bond motifs is 1. The largest absolute Gasteiger partial charge is 0.385 e. The first-order valence-electron chi connectivity index (χ1n) is 9.54. The van der Waals surface area contributed by atoms with Crippen LogP contribution in [0.1, 0.15) is 51.4 Å². The van der Waals surface area contributed by atoms with Gasteiger partial charge in [0.25, 0.3) is 0 Å². The zero-order chi connectivity index (χ0) is 16.1. The lowest BCUT2D eigenvalue weighted by molar-refractivity contribution is -0.123. The molecular formula is C18H35Cl2N3O2. The Bertz CT molecular complexity index is 379. The number of likely N-dealkylation sites (tertiary alicyclic amines) is 1. The average Bonchev–Trinajstić information content (AvgIpc) is 3.01. The number of piperidine rings is 1. The maximum Gasteiger partial charge on any atom is 0.237 e. The van der Waals surface area contributed by atoms with Crippen molar-refractivity contribution in [3.05, 3.63) is 0 Å². The van der Waals surface area contributed by atoms with Gasteiger partial charge in [-0.1, -0.05) is 12.8 Å². The molecule has 0 aromatic rings. The second-order valence-electron chi connectivity index (χ2n) is 7.58. The summed E-state index contributed by atoms with van der Waals surface area (Å²) in [7, 11) is 1.76. The third kappa shape index (κ3) is 6.55. The molecular weight excluding hydrogens is 361 g/mol. The van der Waals surface area contributed by atoms with Crippen LogP contribution >= 0.6 is 24.8 Å². The van der Waals surface area contributed by atoms with Gasteiger partial charge in [-0.2, -0.15) is 0 Å². The highest BCUT2D eigenvalue weighted by Gasteiger charge is 2.38. The van der Waals surface area contributed by atoms with Gasteiger partial charge in [0.05, 0.1) is 6.04 Å². The summed E-state index contributed by atoms with van der Waals surface area (Å²) in [4.78, 5) is 15.0. The Morgan fingerprint density at radius 3 is 2.56 bits per heavy atom. The summed E-state index contributed by atoms with van der Waals surface area (Å²) in [5.74, 6) is 0.986. The first-order chi connectivity index (χ1) is 11.3. The van der Waals surface area contributed by atoms with E-state index in [-0.39, 0.29) is 36.8 Å². The van der Waals surface area contributed by atoms with Crippen LogP contribution in [0.2, 0.25) is 0 Å². The number of rotatable bonds is 6. The summed E-state index contributed by atoms with van der Waals surface area (Å²) in [6.45, 7) is 4.14. The van der Waals surface area contributed by atoms with Crippen molar-refractivity contribution in [1.82, 2.24) is 15.5 Å². The summed E-state index contributed by atoms with van der Waals surface area (Å²) >= 11 is 0. The van der Waals surface area contributed by atoms with Gasteiger partial charge >= 0.3 is 0 Å². The number of methoxy groups -OCH3 is 1. The van der Waals surface area contributed by atoms with Crippen LogP contribution in [0.15, 0.2) is 0 Å². The molecule has 2 heterocycles. The molecule has 5 nitrogen and oxygen atoms in total. The third-order valence-electron chi connectivity index (χ3n) is 5.94. The number of nitrogens with zero attached hydrogens (tertiary/aromatic N) is 1. The monoisotopic (exact) mass is 395 g/mol. The second-order valence-corrected chi connectivity index (χ2v) is 7.58. The molecule has 2 N–H and O–H groups in total. The SMILES string of the molecule is COCCCN1CCC(NC(=O)C2CC3CCCCC3N2)CC1.Cl.Cl. The highest BCUT2D eigenvalue weighted by Crippen LogP contribution is 2.33. The molecule has 25 heavy (non-hydrogen) atoms. The molecule has 3 atom stereocenters. The van der Waals surface area contributed by atoms with Crippen molar-refractivity contribution in [1.29, 1.82) is 0 Å². The number of halogens is 2. The molecule has 3 unspecified atom stereocenters. The smallest absolute Gasteiger partial charge is 0.237 e. The molecule has 3 rings (SSSR count). The molecule has 0 aromatic heterocycles. The van der Waals surface area contributed by atoms with Gasteiger partial charge in [0.1, 0.15) is 0 Å². The topological polar surface area (TPSA) is 53.6 Å². The molecule has 1 aliphatic carbocycles. The maximum atomic E-state index is 12.5. The van der Waals surface area contributed by atoms with Crippen LogP contribution in [0.4, 0.5) is 0 Å². The first-order valence-corrected chi connectivity index (χ1v) is 9.54. The van der Waals surface area contributed by atoms with Gasteiger partial charge in [-0.15, -0.1) is 24.8 Å². The number of carbonyl (C=O) groups is 1. The Morgan fingerprint density at radius 2 is 1.88 bits per heavy atom. The third-order valence-corrected chi connectivity index (χ3v) is 5.94. The fraction of sp³-hybridized carbons (Fsp3) is 0.944. The number of carbonyl (C=O) groups excluding carboxylic acids is 1. The number of nitrogens with one attached hydrogen (secondary N) is 2. The van der Waals surface area contributed by atoms with Gasteiger partial charge in [-0.3, -0.25) is 4.79 Å². The van der Waals surface area contributed by atoms with E-state index < -0.39 is 0 Å². The van der Waals surface area contributed by atoms with Crippen LogP contribution in [0, 0.1) is 5.92 Å². The van der Waals surface area contributed by atoms with E-state index in [2.05, 4.69) is 15.5 Å². The number of hydrogen-bond acceptors (Lipinski definition) is 4. The van der Waals surface area contributed by atoms with Crippen LogP contribution < -0.4 is 10.6 Å². The van der Waals surface area contributed by atoms with E-state index in [9.17, 15) is 4.79 Å². The fourth-order valence-electron chi connectivity index (χ4n) is 4.56. The van der Waals surface area contributed by atoms with Crippen molar-refractivity contribution in [3.8, 4) is 0 Å². The van der Waals surface area contributed by atoms with Crippen molar-refractivity contribution >= 4 is 30.7 Å². The Morgan fingerprint density at radius 1 is 1.16 bits per heavy atom. The Hall–Kier alpha value is -0.0700. The van der Waals surface area contributed by atoms with Crippen LogP contribution in [0.3, 0.4) is 0 Å². The Labute approximate surface area is 164 Å². The minimum Gasteiger partial charge on any atom is -0.385 e. The summed E-state index contributed by atoms with van der Waals surface area (Å²) in [6, 6.07) is 1.02. The maximum absolute atomic E-state index is 12.5. The number of hydrogen-bond donors (Lipinski definition) is 2. The standard InChI is InChI=1S/C18H33N3O2.2ClH/c1-23-12-4-9-21-10-7-15(8-11-21)19-18(22)17-13-14-5-2-3-6-16(14)20-17;;/h14-17,20H,2-13H2,1H3,(H,19,22);2*1H. The van der Waals surface area contributed by atoms with E-state index in [0.29, 0.717) is 12.1 Å². The summed E-state index contributed by atoms with van der Waals surface area (Å²) in [6.07, 6.45) is 9.55. The molecule has 3 aliphatic rings. The van der Waals surface area contributed by atoms with Crippen molar-refractivity contribution in [3.63, 3.8) is 0 Å². The van der Waals surface area contributed by atoms with Crippen LogP contribution in [-0.2, 0) is 9.53 Å². The molecule has 2 aliphatic heterocycles. The predicted molar refractivity (Wildman–Crippen MR) is 106 cm³/mol. The van der Waals surface area contributed by atoms with Crippen molar-refractivity contribution in [2.75, 3.05) is 33.4 Å². The number of amides is 1. The minimum atomic E-state index is 0. The zero-order valence-corrected chi connectivity index (χ0v) is 17.0. The highest BCUT2D eigenvalue weighted by atomic mass is 35.5. The molecule has 2 saturated heterocycles. The van der Waals surface area contributed by atoms with Gasteiger partial charge in [0, 0.05) is 45.4 Å². The van der Waals surface area contributed by atoms with Gasteiger partial charge < -0.3 is 20.3 Å². The van der Waals surface area contributed by atoms with Crippen molar-refractivity contribution < 1.29 is 9.53 Å². The average molecular weight is 396 g/mol. The lowest BCUT2D eigenvalue weighted by Gasteiger charge is -2.32. The quantitative estimate of drug-likeness (QED) is 0.677. The van der Waals surface area contributed by atoms with Gasteiger partial charge in [-0.05, 0) is 44.4 Å². The molecule has 148 valence electrons. The molecule has 7 heteroatoms. The predicted octanol–water partition coefficient (Wildman–Crippen LogP) is 2.37. The molecule has 0 bridgehead atoms. The number of ether oxygens (including phenoxy) is 1. The van der Waals surface area contributed by atoms with Gasteiger partial charge in [-0.25, -0.2) is 0 Å². The van der Waals surface area contributed by atoms with Crippen LogP contribution in [0.25, 0.3) is 0 Å². The molecule has 0 aromatic carbocycles. The lowest BCUT2D eigenvalue weighted by atomic mass is 9.85. The lowest BCUT2D eigenvalue weighted by Crippen LogP contribution is -2.50. The molecule has 1 saturated carbocycles. The van der Waals surface area contributed by atoms with E-state index in [0.717, 1.165) is 57.8 Å². The Kier molecular flexibility index (Phi) is 10.7. The summed E-state index contributed by atoms with van der Waals surface area (Å²) < 4.78 is 5.11. The molecule has 3 fully saturated rings. The van der Waals surface area contributed by atoms with Gasteiger partial charge in [0.2, 0.25) is 5.91 Å². The van der Waals surface area contributed by atoms with E-state index >= 15 is 0 Å². The Balaban J connectivity index is 0.00000156. The fourth-order valence-corrected chi connectivity index (χ4v) is 4.56. The molecule has 0 spiro atoms. The minimum absolute atomic E-state index is 0. The van der Waals surface area contributed by atoms with Crippen molar-refractivity contribution in [2.45, 2.75) is 69.5 Å². The highest BCUT2D eigenvalue weighted by molar-refractivity contribution is 5.85. The zero-order valence-electron chi connectivity index (χ0n) is 15.4. The van der Waals surface area contributed by atoms with E-state index in [1.54, 1.807) is 7.11 Å². The first kappa shape index (κ1) is 23.0. The summed E-state index contributed by atoms with van der Waals surface area (Å²) in [5, 5.41) is 6.89. The van der Waals surface area contributed by atoms with E-state index in [4.69, 9.17) is 4.74 Å². The van der Waals surface area contributed by atoms with Crippen LogP contribution in [-0.4, -0.2) is 62.3 Å². The molecule has 1 amide bonds. The summed E-state index contributed by atoms with van der Waals surface area (Å²) in [5.41, 5.74) is 0. The normalized spacial score (nSPS) is 30.0. The van der Waals surface area contributed by atoms with Gasteiger partial charge in [0.15, 0.2) is 0 Å².